The first kappa shape index (κ1) is 28.7. The summed E-state index contributed by atoms with van der Waals surface area (Å²) in [4.78, 5) is 1.12. The van der Waals surface area contributed by atoms with Crippen LogP contribution >= 0.6 is 11.8 Å². The SMILES string of the molecule is C[C@@H]1O[C@@H](Sc2ccccc2)[C@H](OCc2ccc3ccccc3c2)[C@H](OCc2ccccc2)[C@H]1OCc1ccccc1. The van der Waals surface area contributed by atoms with Gasteiger partial charge in [0.1, 0.15) is 23.7 Å². The molecule has 5 atom stereocenters. The number of benzene rings is 5. The molecule has 0 aliphatic carbocycles. The first-order valence-corrected chi connectivity index (χ1v) is 15.4. The van der Waals surface area contributed by atoms with Gasteiger partial charge in [-0.15, -0.1) is 0 Å². The van der Waals surface area contributed by atoms with Crippen molar-refractivity contribution in [1.82, 2.24) is 0 Å². The van der Waals surface area contributed by atoms with Crippen molar-refractivity contribution in [3.63, 3.8) is 0 Å². The molecule has 1 fully saturated rings. The third-order valence-electron chi connectivity index (χ3n) is 7.55. The first-order chi connectivity index (χ1) is 20.7. The second-order valence-corrected chi connectivity index (χ2v) is 11.8. The smallest absolute Gasteiger partial charge is 0.136 e. The fourth-order valence-corrected chi connectivity index (χ4v) is 6.53. The Bertz CT molecular complexity index is 1530. The zero-order valence-electron chi connectivity index (χ0n) is 23.8. The maximum Gasteiger partial charge on any atom is 0.136 e. The molecule has 1 aliphatic rings. The molecule has 6 rings (SSSR count). The lowest BCUT2D eigenvalue weighted by Gasteiger charge is -2.45. The second-order valence-electron chi connectivity index (χ2n) is 10.6. The lowest BCUT2D eigenvalue weighted by molar-refractivity contribution is -0.242. The number of thioether (sulfide) groups is 1. The normalized spacial score (nSPS) is 22.3. The van der Waals surface area contributed by atoms with E-state index in [9.17, 15) is 0 Å². The van der Waals surface area contributed by atoms with Crippen LogP contribution in [0.25, 0.3) is 10.8 Å². The molecule has 0 spiro atoms. The molecule has 0 aromatic heterocycles. The highest BCUT2D eigenvalue weighted by atomic mass is 32.2. The molecule has 0 saturated carbocycles. The zero-order valence-corrected chi connectivity index (χ0v) is 24.6. The minimum Gasteiger partial charge on any atom is -0.368 e. The van der Waals surface area contributed by atoms with Crippen molar-refractivity contribution in [2.75, 3.05) is 0 Å². The molecule has 0 amide bonds. The first-order valence-electron chi connectivity index (χ1n) is 14.5. The second kappa shape index (κ2) is 14.1. The van der Waals surface area contributed by atoms with E-state index in [4.69, 9.17) is 18.9 Å². The van der Waals surface area contributed by atoms with Crippen molar-refractivity contribution >= 4 is 22.5 Å². The average Bonchev–Trinajstić information content (AvgIpc) is 3.04. The van der Waals surface area contributed by atoms with Crippen LogP contribution in [0.5, 0.6) is 0 Å². The molecule has 1 saturated heterocycles. The fraction of sp³-hybridized carbons (Fsp3) is 0.243. The van der Waals surface area contributed by atoms with Gasteiger partial charge in [0, 0.05) is 4.90 Å². The molecule has 0 radical (unpaired) electrons. The monoisotopic (exact) mass is 576 g/mol. The lowest BCUT2D eigenvalue weighted by Crippen LogP contribution is -2.58. The topological polar surface area (TPSA) is 36.9 Å². The van der Waals surface area contributed by atoms with Crippen LogP contribution in [0.2, 0.25) is 0 Å². The summed E-state index contributed by atoms with van der Waals surface area (Å²) in [6.07, 6.45) is -1.24. The molecule has 214 valence electrons. The summed E-state index contributed by atoms with van der Waals surface area (Å²) < 4.78 is 26.8. The minimum atomic E-state index is -0.373. The van der Waals surface area contributed by atoms with E-state index in [1.807, 2.05) is 42.5 Å². The molecule has 5 heteroatoms. The molecule has 0 unspecified atom stereocenters. The fourth-order valence-electron chi connectivity index (χ4n) is 5.35. The van der Waals surface area contributed by atoms with Crippen molar-refractivity contribution in [3.05, 3.63) is 150 Å². The standard InChI is InChI=1S/C37H36O4S/c1-27-34(38-24-28-13-5-2-6-14-28)35(39-25-29-15-7-3-8-16-29)36(37(41-27)42-33-19-9-4-10-20-33)40-26-30-21-22-31-17-11-12-18-32(31)23-30/h2-23,27,34-37H,24-26H2,1H3/t27-,34-,35+,36+,37-/m0/s1. The van der Waals surface area contributed by atoms with Crippen molar-refractivity contribution in [2.24, 2.45) is 0 Å². The van der Waals surface area contributed by atoms with Crippen molar-refractivity contribution in [2.45, 2.75) is 61.5 Å². The van der Waals surface area contributed by atoms with Gasteiger partial charge in [0.15, 0.2) is 0 Å². The highest BCUT2D eigenvalue weighted by Gasteiger charge is 2.47. The number of ether oxygens (including phenoxy) is 4. The zero-order chi connectivity index (χ0) is 28.6. The van der Waals surface area contributed by atoms with Gasteiger partial charge in [-0.3, -0.25) is 0 Å². The number of fused-ring (bicyclic) bond motifs is 1. The molecular weight excluding hydrogens is 540 g/mol. The predicted octanol–water partition coefficient (Wildman–Crippen LogP) is 8.43. The molecule has 0 bridgehead atoms. The van der Waals surface area contributed by atoms with Crippen LogP contribution in [0.3, 0.4) is 0 Å². The Labute approximate surface area is 252 Å². The van der Waals surface area contributed by atoms with E-state index in [0.29, 0.717) is 19.8 Å². The van der Waals surface area contributed by atoms with Gasteiger partial charge in [-0.05, 0) is 52.6 Å². The predicted molar refractivity (Wildman–Crippen MR) is 169 cm³/mol. The molecule has 4 nitrogen and oxygen atoms in total. The van der Waals surface area contributed by atoms with Crippen LogP contribution in [0, 0.1) is 0 Å². The van der Waals surface area contributed by atoms with Crippen molar-refractivity contribution in [3.8, 4) is 0 Å². The number of rotatable bonds is 11. The quantitative estimate of drug-likeness (QED) is 0.158. The van der Waals surface area contributed by atoms with Crippen LogP contribution < -0.4 is 0 Å². The third-order valence-corrected chi connectivity index (χ3v) is 8.71. The van der Waals surface area contributed by atoms with Crippen molar-refractivity contribution < 1.29 is 18.9 Å². The maximum absolute atomic E-state index is 6.78. The molecule has 0 N–H and O–H groups in total. The third kappa shape index (κ3) is 7.30. The van der Waals surface area contributed by atoms with E-state index in [2.05, 4.69) is 97.9 Å². The van der Waals surface area contributed by atoms with Crippen LogP contribution in [0.4, 0.5) is 0 Å². The molecule has 5 aromatic rings. The van der Waals surface area contributed by atoms with Gasteiger partial charge in [-0.25, -0.2) is 0 Å². The summed E-state index contributed by atoms with van der Waals surface area (Å²) in [7, 11) is 0. The van der Waals surface area contributed by atoms with E-state index in [-0.39, 0.29) is 29.9 Å². The molecule has 1 heterocycles. The highest BCUT2D eigenvalue weighted by molar-refractivity contribution is 7.99. The van der Waals surface area contributed by atoms with Gasteiger partial charge in [0.25, 0.3) is 0 Å². The summed E-state index contributed by atoms with van der Waals surface area (Å²) in [6, 6.07) is 45.7. The van der Waals surface area contributed by atoms with Crippen LogP contribution in [-0.2, 0) is 38.8 Å². The van der Waals surface area contributed by atoms with Crippen LogP contribution in [0.1, 0.15) is 23.6 Å². The van der Waals surface area contributed by atoms with E-state index < -0.39 is 0 Å². The van der Waals surface area contributed by atoms with Crippen molar-refractivity contribution in [1.29, 1.82) is 0 Å². The Morgan fingerprint density at radius 1 is 0.524 bits per heavy atom. The Morgan fingerprint density at radius 2 is 1.05 bits per heavy atom. The minimum absolute atomic E-state index is 0.198. The Balaban J connectivity index is 1.29. The molecular formula is C37H36O4S. The maximum atomic E-state index is 6.78. The summed E-state index contributed by atoms with van der Waals surface area (Å²) in [6.45, 7) is 3.45. The van der Waals surface area contributed by atoms with Crippen LogP contribution in [-0.4, -0.2) is 29.9 Å². The van der Waals surface area contributed by atoms with Gasteiger partial charge in [0.05, 0.1) is 25.9 Å². The Hall–Kier alpha value is -3.45. The van der Waals surface area contributed by atoms with Gasteiger partial charge < -0.3 is 18.9 Å². The molecule has 42 heavy (non-hydrogen) atoms. The van der Waals surface area contributed by atoms with Gasteiger partial charge in [-0.1, -0.05) is 127 Å². The Morgan fingerprint density at radius 3 is 1.71 bits per heavy atom. The summed E-state index contributed by atoms with van der Waals surface area (Å²) in [5.74, 6) is 0. The van der Waals surface area contributed by atoms with E-state index in [1.165, 1.54) is 10.8 Å². The van der Waals surface area contributed by atoms with Gasteiger partial charge in [-0.2, -0.15) is 0 Å². The van der Waals surface area contributed by atoms with E-state index in [1.54, 1.807) is 11.8 Å². The largest absolute Gasteiger partial charge is 0.368 e. The average molecular weight is 577 g/mol. The van der Waals surface area contributed by atoms with Gasteiger partial charge >= 0.3 is 0 Å². The molecule has 1 aliphatic heterocycles. The lowest BCUT2D eigenvalue weighted by atomic mass is 9.99. The summed E-state index contributed by atoms with van der Waals surface area (Å²) in [5, 5.41) is 2.41. The number of hydrogen-bond donors (Lipinski definition) is 0. The van der Waals surface area contributed by atoms with Gasteiger partial charge in [0.2, 0.25) is 0 Å². The number of hydrogen-bond acceptors (Lipinski definition) is 5. The van der Waals surface area contributed by atoms with Crippen LogP contribution in [0.15, 0.2) is 138 Å². The summed E-state index contributed by atoms with van der Waals surface area (Å²) in [5.41, 5.74) is 3.06. The molecule has 5 aromatic carbocycles. The van der Waals surface area contributed by atoms with E-state index in [0.717, 1.165) is 21.6 Å². The summed E-state index contributed by atoms with van der Waals surface area (Å²) >= 11 is 1.67. The van der Waals surface area contributed by atoms with E-state index >= 15 is 0 Å². The Kier molecular flexibility index (Phi) is 9.65. The highest BCUT2D eigenvalue weighted by Crippen LogP contribution is 2.38.